The molecule has 0 spiro atoms. The highest BCUT2D eigenvalue weighted by Crippen LogP contribution is 2.43. The molecule has 0 aliphatic rings. The van der Waals surface area contributed by atoms with Crippen LogP contribution in [0.5, 0.6) is 0 Å². The van der Waals surface area contributed by atoms with Gasteiger partial charge in [-0.1, -0.05) is 150 Å². The van der Waals surface area contributed by atoms with Gasteiger partial charge in [-0.05, 0) is 77.0 Å². The number of hydrogen-bond acceptors (Lipinski definition) is 6. The van der Waals surface area contributed by atoms with E-state index in [1.165, 1.54) is 44.9 Å². The van der Waals surface area contributed by atoms with Crippen molar-refractivity contribution < 1.29 is 28.4 Å². The highest BCUT2D eigenvalue weighted by atomic mass is 31.2. The van der Waals surface area contributed by atoms with E-state index >= 15 is 0 Å². The summed E-state index contributed by atoms with van der Waals surface area (Å²) < 4.78 is 22.0. The first-order valence-electron chi connectivity index (χ1n) is 20.2. The van der Waals surface area contributed by atoms with Crippen LogP contribution in [0.25, 0.3) is 0 Å². The van der Waals surface area contributed by atoms with Gasteiger partial charge in [-0.2, -0.15) is 0 Å². The number of nitrogens with one attached hydrogen (secondary N) is 1. The average molecular weight is 747 g/mol. The van der Waals surface area contributed by atoms with Gasteiger partial charge in [-0.15, -0.1) is 0 Å². The molecule has 9 heteroatoms. The molecule has 0 fully saturated rings. The molecule has 0 aromatic carbocycles. The second-order valence-corrected chi connectivity index (χ2v) is 14.6. The minimum Gasteiger partial charge on any atom is -0.387 e. The zero-order valence-corrected chi connectivity index (χ0v) is 33.7. The highest BCUT2D eigenvalue weighted by Gasteiger charge is 2.26. The first kappa shape index (κ1) is 49.7. The summed E-state index contributed by atoms with van der Waals surface area (Å²) in [4.78, 5) is 22.6. The molecule has 0 radical (unpaired) electrons. The second kappa shape index (κ2) is 38.4. The average Bonchev–Trinajstić information content (AvgIpc) is 3.13. The van der Waals surface area contributed by atoms with Gasteiger partial charge in [0.05, 0.1) is 25.4 Å². The summed E-state index contributed by atoms with van der Waals surface area (Å²) in [6, 6.07) is -0.886. The summed E-state index contributed by atoms with van der Waals surface area (Å²) >= 11 is 0. The fraction of sp³-hybridized carbons (Fsp3) is 0.651. The van der Waals surface area contributed by atoms with Crippen molar-refractivity contribution in [3.8, 4) is 0 Å². The molecule has 0 heterocycles. The fourth-order valence-corrected chi connectivity index (χ4v) is 5.93. The molecule has 0 aliphatic carbocycles. The molecule has 3 unspecified atom stereocenters. The van der Waals surface area contributed by atoms with E-state index in [2.05, 4.69) is 92.1 Å². The van der Waals surface area contributed by atoms with Crippen LogP contribution >= 0.6 is 7.82 Å². The summed E-state index contributed by atoms with van der Waals surface area (Å²) in [5.41, 5.74) is 5.35. The molecule has 52 heavy (non-hydrogen) atoms. The van der Waals surface area contributed by atoms with Gasteiger partial charge in [0.25, 0.3) is 0 Å². The van der Waals surface area contributed by atoms with E-state index in [0.717, 1.165) is 83.5 Å². The lowest BCUT2D eigenvalue weighted by Gasteiger charge is -2.23. The zero-order chi connectivity index (χ0) is 38.2. The van der Waals surface area contributed by atoms with Gasteiger partial charge in [0.2, 0.25) is 5.91 Å². The topological polar surface area (TPSA) is 131 Å². The van der Waals surface area contributed by atoms with Gasteiger partial charge in [-0.25, -0.2) is 4.57 Å². The van der Waals surface area contributed by atoms with Crippen molar-refractivity contribution in [2.75, 3.05) is 19.8 Å². The number of unbranched alkanes of at least 4 members (excludes halogenated alkanes) is 12. The normalized spacial score (nSPS) is 15.1. The number of carbonyl (C=O) groups is 1. The standard InChI is InChI=1S/C43H75N2O6P/c1-3-5-7-9-11-13-15-16-17-18-19-20-21-22-23-24-25-26-27-29-31-33-35-37-43(47)45-41(40-51-52(48,49)50-39-38-44)42(46)36-34-32-30-28-14-12-10-8-6-4-2/h5,7,11,13-14,16-17,19-20,22-23,28,34,36,41-42,46H,3-4,6,8-10,12,15,18,21,24-27,29-33,35,37-40,44H2,1-2H3,(H,45,47)(H,48,49)/b7-5-,13-11-,17-16-,20-19-,23-22-,28-14+,36-34+. The van der Waals surface area contributed by atoms with Crippen LogP contribution in [0.15, 0.2) is 85.1 Å². The van der Waals surface area contributed by atoms with Gasteiger partial charge in [0.1, 0.15) is 0 Å². The molecule has 0 aromatic heterocycles. The maximum atomic E-state index is 12.7. The number of nitrogens with two attached hydrogens (primary N) is 1. The van der Waals surface area contributed by atoms with Crippen molar-refractivity contribution >= 4 is 13.7 Å². The molecular formula is C43H75N2O6P. The SMILES string of the molecule is CC/C=C\C/C=C\C/C=C\C/C=C\C/C=C\CCCCCCCCCC(=O)NC(COP(=O)(O)OCCN)C(O)/C=C/CC/C=C/CCCCCC. The van der Waals surface area contributed by atoms with Gasteiger partial charge in [-0.3, -0.25) is 13.8 Å². The predicted molar refractivity (Wildman–Crippen MR) is 221 cm³/mol. The molecule has 0 bridgehead atoms. The zero-order valence-electron chi connectivity index (χ0n) is 32.8. The molecule has 0 rings (SSSR count). The number of rotatable bonds is 36. The number of amides is 1. The smallest absolute Gasteiger partial charge is 0.387 e. The van der Waals surface area contributed by atoms with E-state index < -0.39 is 20.0 Å². The summed E-state index contributed by atoms with van der Waals surface area (Å²) in [6.07, 6.45) is 50.7. The van der Waals surface area contributed by atoms with Crippen LogP contribution in [-0.4, -0.2) is 47.8 Å². The van der Waals surface area contributed by atoms with Crippen molar-refractivity contribution in [3.63, 3.8) is 0 Å². The van der Waals surface area contributed by atoms with Crippen LogP contribution in [0.1, 0.15) is 149 Å². The van der Waals surface area contributed by atoms with Crippen molar-refractivity contribution in [2.24, 2.45) is 5.73 Å². The minimum absolute atomic E-state index is 0.0672. The molecule has 0 saturated heterocycles. The van der Waals surface area contributed by atoms with Crippen molar-refractivity contribution in [3.05, 3.63) is 85.1 Å². The van der Waals surface area contributed by atoms with Crippen LogP contribution < -0.4 is 11.1 Å². The summed E-state index contributed by atoms with van der Waals surface area (Å²) in [5.74, 6) is -0.222. The maximum absolute atomic E-state index is 12.7. The molecular weight excluding hydrogens is 671 g/mol. The summed E-state index contributed by atoms with van der Waals surface area (Å²) in [5, 5.41) is 13.6. The quantitative estimate of drug-likeness (QED) is 0.0285. The Labute approximate surface area is 318 Å². The van der Waals surface area contributed by atoms with Crippen LogP contribution in [-0.2, 0) is 18.4 Å². The Bertz CT molecular complexity index is 1080. The second-order valence-electron chi connectivity index (χ2n) is 13.1. The number of phosphoric ester groups is 1. The third kappa shape index (κ3) is 36.1. The van der Waals surface area contributed by atoms with E-state index in [0.29, 0.717) is 6.42 Å². The van der Waals surface area contributed by atoms with E-state index in [-0.39, 0.29) is 25.7 Å². The lowest BCUT2D eigenvalue weighted by atomic mass is 10.1. The molecule has 5 N–H and O–H groups in total. The number of aliphatic hydroxyl groups excluding tert-OH is 1. The monoisotopic (exact) mass is 747 g/mol. The number of phosphoric acid groups is 1. The molecule has 0 aromatic rings. The maximum Gasteiger partial charge on any atom is 0.472 e. The largest absolute Gasteiger partial charge is 0.472 e. The molecule has 3 atom stereocenters. The Kier molecular flexibility index (Phi) is 36.7. The van der Waals surface area contributed by atoms with E-state index in [1.807, 2.05) is 6.08 Å². The molecule has 0 saturated carbocycles. The Balaban J connectivity index is 4.23. The number of hydrogen-bond donors (Lipinski definition) is 4. The lowest BCUT2D eigenvalue weighted by Crippen LogP contribution is -2.45. The van der Waals surface area contributed by atoms with E-state index in [4.69, 9.17) is 14.8 Å². The van der Waals surface area contributed by atoms with Gasteiger partial charge >= 0.3 is 7.82 Å². The van der Waals surface area contributed by atoms with Gasteiger partial charge in [0.15, 0.2) is 0 Å². The van der Waals surface area contributed by atoms with Crippen LogP contribution in [0.3, 0.4) is 0 Å². The van der Waals surface area contributed by atoms with E-state index in [1.54, 1.807) is 6.08 Å². The summed E-state index contributed by atoms with van der Waals surface area (Å²) in [6.45, 7) is 3.92. The third-order valence-electron chi connectivity index (χ3n) is 8.20. The Morgan fingerprint density at radius 2 is 1.13 bits per heavy atom. The number of aliphatic hydroxyl groups is 1. The van der Waals surface area contributed by atoms with Crippen molar-refractivity contribution in [2.45, 2.75) is 161 Å². The third-order valence-corrected chi connectivity index (χ3v) is 9.19. The van der Waals surface area contributed by atoms with Crippen LogP contribution in [0.4, 0.5) is 0 Å². The number of allylic oxidation sites excluding steroid dienone is 13. The van der Waals surface area contributed by atoms with Gasteiger partial charge in [0, 0.05) is 13.0 Å². The van der Waals surface area contributed by atoms with Crippen LogP contribution in [0.2, 0.25) is 0 Å². The molecule has 298 valence electrons. The van der Waals surface area contributed by atoms with Gasteiger partial charge < -0.3 is 21.1 Å². The Morgan fingerprint density at radius 3 is 1.71 bits per heavy atom. The highest BCUT2D eigenvalue weighted by molar-refractivity contribution is 7.47. The minimum atomic E-state index is -4.35. The Hall–Kier alpha value is -2.32. The molecule has 8 nitrogen and oxygen atoms in total. The van der Waals surface area contributed by atoms with Crippen molar-refractivity contribution in [1.29, 1.82) is 0 Å². The first-order chi connectivity index (χ1) is 25.4. The lowest BCUT2D eigenvalue weighted by molar-refractivity contribution is -0.123. The Morgan fingerprint density at radius 1 is 0.654 bits per heavy atom. The molecule has 0 aliphatic heterocycles. The van der Waals surface area contributed by atoms with Crippen molar-refractivity contribution in [1.82, 2.24) is 5.32 Å². The first-order valence-corrected chi connectivity index (χ1v) is 21.7. The number of carbonyl (C=O) groups excluding carboxylic acids is 1. The molecule has 1 amide bonds. The fourth-order valence-electron chi connectivity index (χ4n) is 5.17. The summed E-state index contributed by atoms with van der Waals surface area (Å²) in [7, 11) is -4.35. The van der Waals surface area contributed by atoms with Crippen LogP contribution in [0, 0.1) is 0 Å². The van der Waals surface area contributed by atoms with E-state index in [9.17, 15) is 19.4 Å². The predicted octanol–water partition coefficient (Wildman–Crippen LogP) is 11.0.